The summed E-state index contributed by atoms with van der Waals surface area (Å²) in [6, 6.07) is 11.1. The molecule has 0 spiro atoms. The first-order chi connectivity index (χ1) is 12.1. The Morgan fingerprint density at radius 3 is 2.92 bits per heavy atom. The van der Waals surface area contributed by atoms with Crippen molar-refractivity contribution in [2.24, 2.45) is 0 Å². The average molecular weight is 355 g/mol. The van der Waals surface area contributed by atoms with Crippen molar-refractivity contribution < 1.29 is 9.32 Å². The van der Waals surface area contributed by atoms with Gasteiger partial charge in [-0.05, 0) is 42.8 Å². The molecule has 0 bridgehead atoms. The first-order valence-corrected chi connectivity index (χ1v) is 8.31. The van der Waals surface area contributed by atoms with Gasteiger partial charge in [-0.3, -0.25) is 9.78 Å². The topological polar surface area (TPSA) is 72.1 Å². The van der Waals surface area contributed by atoms with Crippen LogP contribution in [-0.4, -0.2) is 27.6 Å². The highest BCUT2D eigenvalue weighted by Crippen LogP contribution is 2.32. The third kappa shape index (κ3) is 3.00. The van der Waals surface area contributed by atoms with Gasteiger partial charge in [-0.25, -0.2) is 0 Å². The zero-order valence-corrected chi connectivity index (χ0v) is 14.3. The largest absolute Gasteiger partial charge is 0.332 e. The summed E-state index contributed by atoms with van der Waals surface area (Å²) in [4.78, 5) is 22.8. The van der Waals surface area contributed by atoms with Gasteiger partial charge in [0.1, 0.15) is 5.69 Å². The fourth-order valence-corrected chi connectivity index (χ4v) is 3.04. The molecule has 6 nitrogen and oxygen atoms in total. The summed E-state index contributed by atoms with van der Waals surface area (Å²) in [6.45, 7) is 2.43. The van der Waals surface area contributed by atoms with Crippen LogP contribution in [0.2, 0.25) is 5.02 Å². The van der Waals surface area contributed by atoms with Gasteiger partial charge in [-0.2, -0.15) is 4.98 Å². The molecule has 4 rings (SSSR count). The predicted molar refractivity (Wildman–Crippen MR) is 93.4 cm³/mol. The summed E-state index contributed by atoms with van der Waals surface area (Å²) in [5.41, 5.74) is 2.39. The van der Waals surface area contributed by atoms with Crippen molar-refractivity contribution in [1.29, 1.82) is 0 Å². The Morgan fingerprint density at radius 2 is 2.16 bits per heavy atom. The first kappa shape index (κ1) is 15.8. The number of carbonyl (C=O) groups excluding carboxylic acids is 1. The van der Waals surface area contributed by atoms with Gasteiger partial charge in [-0.15, -0.1) is 0 Å². The fourth-order valence-electron chi connectivity index (χ4n) is 2.92. The lowest BCUT2D eigenvalue weighted by molar-refractivity contribution is -0.117. The number of anilines is 1. The van der Waals surface area contributed by atoms with E-state index in [1.165, 1.54) is 0 Å². The molecule has 3 heterocycles. The summed E-state index contributed by atoms with van der Waals surface area (Å²) in [6.07, 6.45) is 2.02. The SMILES string of the molecule is Cc1cc(N2CC(c3noc(-c4ccccn4)n3)CC2=O)ccc1Cl. The molecule has 0 N–H and O–H groups in total. The standard InChI is InChI=1S/C18H15ClN4O2/c1-11-8-13(5-6-14(11)19)23-10-12(9-16(23)24)17-21-18(25-22-17)15-4-2-3-7-20-15/h2-8,12H,9-10H2,1H3. The molecule has 3 aromatic rings. The van der Waals surface area contributed by atoms with Crippen LogP contribution in [0.5, 0.6) is 0 Å². The third-order valence-electron chi connectivity index (χ3n) is 4.27. The smallest absolute Gasteiger partial charge is 0.276 e. The molecule has 2 aromatic heterocycles. The Labute approximate surface area is 149 Å². The minimum absolute atomic E-state index is 0.0379. The Balaban J connectivity index is 1.56. The first-order valence-electron chi connectivity index (χ1n) is 7.93. The van der Waals surface area contributed by atoms with E-state index in [4.69, 9.17) is 16.1 Å². The second-order valence-electron chi connectivity index (χ2n) is 6.01. The Morgan fingerprint density at radius 1 is 1.28 bits per heavy atom. The molecule has 126 valence electrons. The van der Waals surface area contributed by atoms with Crippen LogP contribution in [0.3, 0.4) is 0 Å². The normalized spacial score (nSPS) is 17.3. The lowest BCUT2D eigenvalue weighted by atomic mass is 10.1. The van der Waals surface area contributed by atoms with E-state index in [0.717, 1.165) is 11.3 Å². The van der Waals surface area contributed by atoms with Crippen LogP contribution in [-0.2, 0) is 4.79 Å². The van der Waals surface area contributed by atoms with Gasteiger partial charge in [0.05, 0.1) is 0 Å². The number of nitrogens with zero attached hydrogens (tertiary/aromatic N) is 4. The highest BCUT2D eigenvalue weighted by atomic mass is 35.5. The molecular formula is C18H15ClN4O2. The second-order valence-corrected chi connectivity index (χ2v) is 6.42. The maximum atomic E-state index is 12.4. The number of benzene rings is 1. The molecule has 1 atom stereocenters. The summed E-state index contributed by atoms with van der Waals surface area (Å²) in [7, 11) is 0. The lowest BCUT2D eigenvalue weighted by Gasteiger charge is -2.17. The Bertz CT molecular complexity index is 926. The molecule has 1 aliphatic heterocycles. The van der Waals surface area contributed by atoms with E-state index >= 15 is 0 Å². The number of carbonyl (C=O) groups is 1. The van der Waals surface area contributed by atoms with Crippen LogP contribution in [0.4, 0.5) is 5.69 Å². The van der Waals surface area contributed by atoms with E-state index in [9.17, 15) is 4.79 Å². The van der Waals surface area contributed by atoms with Crippen LogP contribution < -0.4 is 4.90 Å². The zero-order chi connectivity index (χ0) is 17.4. The summed E-state index contributed by atoms with van der Waals surface area (Å²) in [5, 5.41) is 4.73. The van der Waals surface area contributed by atoms with E-state index in [0.29, 0.717) is 35.4 Å². The van der Waals surface area contributed by atoms with Crippen LogP contribution in [0, 0.1) is 6.92 Å². The van der Waals surface area contributed by atoms with E-state index in [2.05, 4.69) is 15.1 Å². The van der Waals surface area contributed by atoms with Crippen molar-refractivity contribution in [2.45, 2.75) is 19.3 Å². The Hall–Kier alpha value is -2.73. The number of hydrogen-bond donors (Lipinski definition) is 0. The van der Waals surface area contributed by atoms with Crippen molar-refractivity contribution in [3.63, 3.8) is 0 Å². The number of halogens is 1. The molecule has 1 fully saturated rings. The molecule has 1 saturated heterocycles. The molecule has 25 heavy (non-hydrogen) atoms. The maximum Gasteiger partial charge on any atom is 0.276 e. The highest BCUT2D eigenvalue weighted by molar-refractivity contribution is 6.31. The van der Waals surface area contributed by atoms with Crippen molar-refractivity contribution in [3.8, 4) is 11.6 Å². The summed E-state index contributed by atoms with van der Waals surface area (Å²) < 4.78 is 5.30. The molecule has 0 saturated carbocycles. The van der Waals surface area contributed by atoms with Crippen LogP contribution >= 0.6 is 11.6 Å². The fraction of sp³-hybridized carbons (Fsp3) is 0.222. The quantitative estimate of drug-likeness (QED) is 0.718. The molecule has 1 amide bonds. The van der Waals surface area contributed by atoms with E-state index in [1.807, 2.05) is 31.2 Å². The predicted octanol–water partition coefficient (Wildman–Crippen LogP) is 3.61. The third-order valence-corrected chi connectivity index (χ3v) is 4.69. The number of pyridine rings is 1. The summed E-state index contributed by atoms with van der Waals surface area (Å²) in [5.74, 6) is 0.826. The van der Waals surface area contributed by atoms with Crippen LogP contribution in [0.15, 0.2) is 47.1 Å². The average Bonchev–Trinajstić information content (AvgIpc) is 3.25. The van der Waals surface area contributed by atoms with Crippen molar-refractivity contribution in [3.05, 3.63) is 59.0 Å². The molecule has 1 aromatic carbocycles. The van der Waals surface area contributed by atoms with E-state index in [-0.39, 0.29) is 11.8 Å². The molecular weight excluding hydrogens is 340 g/mol. The molecule has 0 aliphatic carbocycles. The van der Waals surface area contributed by atoms with Crippen LogP contribution in [0.25, 0.3) is 11.6 Å². The van der Waals surface area contributed by atoms with Crippen molar-refractivity contribution in [1.82, 2.24) is 15.1 Å². The minimum Gasteiger partial charge on any atom is -0.332 e. The minimum atomic E-state index is -0.107. The van der Waals surface area contributed by atoms with E-state index < -0.39 is 0 Å². The van der Waals surface area contributed by atoms with Gasteiger partial charge in [-0.1, -0.05) is 22.8 Å². The van der Waals surface area contributed by atoms with Gasteiger partial charge in [0.15, 0.2) is 5.82 Å². The monoisotopic (exact) mass is 354 g/mol. The Kier molecular flexibility index (Phi) is 3.97. The molecule has 7 heteroatoms. The molecule has 1 aliphatic rings. The molecule has 1 unspecified atom stereocenters. The zero-order valence-electron chi connectivity index (χ0n) is 13.5. The molecule has 0 radical (unpaired) electrons. The van der Waals surface area contributed by atoms with E-state index in [1.54, 1.807) is 23.2 Å². The van der Waals surface area contributed by atoms with Gasteiger partial charge >= 0.3 is 0 Å². The number of rotatable bonds is 3. The number of hydrogen-bond acceptors (Lipinski definition) is 5. The number of aryl methyl sites for hydroxylation is 1. The van der Waals surface area contributed by atoms with Gasteiger partial charge in [0.2, 0.25) is 5.91 Å². The number of aromatic nitrogens is 3. The van der Waals surface area contributed by atoms with Crippen molar-refractivity contribution in [2.75, 3.05) is 11.4 Å². The second kappa shape index (κ2) is 6.29. The van der Waals surface area contributed by atoms with Gasteiger partial charge in [0.25, 0.3) is 5.89 Å². The van der Waals surface area contributed by atoms with Gasteiger partial charge < -0.3 is 9.42 Å². The number of amides is 1. The summed E-state index contributed by atoms with van der Waals surface area (Å²) >= 11 is 6.07. The van der Waals surface area contributed by atoms with Gasteiger partial charge in [0, 0.05) is 35.8 Å². The highest BCUT2D eigenvalue weighted by Gasteiger charge is 2.34. The van der Waals surface area contributed by atoms with Crippen LogP contribution in [0.1, 0.15) is 23.7 Å². The lowest BCUT2D eigenvalue weighted by Crippen LogP contribution is -2.24. The van der Waals surface area contributed by atoms with Crippen molar-refractivity contribution >= 4 is 23.2 Å². The maximum absolute atomic E-state index is 12.4.